The molecular weight excluding hydrogens is 282 g/mol. The molecule has 0 heterocycles. The number of carbonyl (C=O) groups is 3. The zero-order valence-electron chi connectivity index (χ0n) is 13.2. The second-order valence-corrected chi connectivity index (χ2v) is 5.90. The monoisotopic (exact) mass is 305 g/mol. The van der Waals surface area contributed by atoms with Crippen LogP contribution in [0.15, 0.2) is 30.3 Å². The first-order valence-electron chi connectivity index (χ1n) is 7.19. The Morgan fingerprint density at radius 2 is 1.50 bits per heavy atom. The largest absolute Gasteiger partial charge is 0.354 e. The summed E-state index contributed by atoms with van der Waals surface area (Å²) in [6.07, 6.45) is 0. The highest BCUT2D eigenvalue weighted by Crippen LogP contribution is 2.11. The van der Waals surface area contributed by atoms with Crippen LogP contribution < -0.4 is 16.0 Å². The molecule has 1 rings (SSSR count). The van der Waals surface area contributed by atoms with E-state index < -0.39 is 5.41 Å². The summed E-state index contributed by atoms with van der Waals surface area (Å²) in [4.78, 5) is 34.9. The molecule has 3 N–H and O–H groups in total. The van der Waals surface area contributed by atoms with Crippen molar-refractivity contribution in [3.05, 3.63) is 35.9 Å². The minimum absolute atomic E-state index is 0.0703. The van der Waals surface area contributed by atoms with Crippen LogP contribution in [0.25, 0.3) is 0 Å². The third kappa shape index (κ3) is 6.39. The molecule has 0 aliphatic heterocycles. The van der Waals surface area contributed by atoms with E-state index in [9.17, 15) is 14.4 Å². The summed E-state index contributed by atoms with van der Waals surface area (Å²) < 4.78 is 0. The number of nitrogens with one attached hydrogen (secondary N) is 3. The van der Waals surface area contributed by atoms with Gasteiger partial charge in [0.05, 0.1) is 6.54 Å². The van der Waals surface area contributed by atoms with E-state index in [1.807, 2.05) is 26.8 Å². The first-order valence-corrected chi connectivity index (χ1v) is 7.19. The molecule has 0 bridgehead atoms. The molecule has 0 spiro atoms. The van der Waals surface area contributed by atoms with E-state index in [-0.39, 0.29) is 24.3 Å². The van der Waals surface area contributed by atoms with Crippen molar-refractivity contribution in [1.82, 2.24) is 16.0 Å². The Morgan fingerprint density at radius 3 is 2.09 bits per heavy atom. The van der Waals surface area contributed by atoms with E-state index in [1.165, 1.54) is 0 Å². The van der Waals surface area contributed by atoms with E-state index >= 15 is 0 Å². The maximum atomic E-state index is 11.7. The summed E-state index contributed by atoms with van der Waals surface area (Å²) in [5.41, 5.74) is 0.0564. The fourth-order valence-corrected chi connectivity index (χ4v) is 1.56. The van der Waals surface area contributed by atoms with Crippen LogP contribution in [0, 0.1) is 5.41 Å². The first kappa shape index (κ1) is 17.7. The summed E-state index contributed by atoms with van der Waals surface area (Å²) in [6.45, 7) is 6.04. The van der Waals surface area contributed by atoms with E-state index in [2.05, 4.69) is 16.0 Å². The van der Waals surface area contributed by atoms with Crippen LogP contribution in [0.4, 0.5) is 0 Å². The van der Waals surface area contributed by atoms with Gasteiger partial charge in [-0.15, -0.1) is 0 Å². The zero-order chi connectivity index (χ0) is 16.6. The normalized spacial score (nSPS) is 10.7. The lowest BCUT2D eigenvalue weighted by molar-refractivity contribution is -0.128. The Balaban J connectivity index is 2.19. The van der Waals surface area contributed by atoms with E-state index in [0.717, 1.165) is 0 Å². The third-order valence-corrected chi connectivity index (χ3v) is 2.86. The van der Waals surface area contributed by atoms with Crippen molar-refractivity contribution in [3.63, 3.8) is 0 Å². The van der Waals surface area contributed by atoms with Gasteiger partial charge >= 0.3 is 0 Å². The minimum Gasteiger partial charge on any atom is -0.354 e. The molecule has 22 heavy (non-hydrogen) atoms. The lowest BCUT2D eigenvalue weighted by atomic mass is 9.96. The fraction of sp³-hybridized carbons (Fsp3) is 0.438. The molecule has 0 saturated carbocycles. The van der Waals surface area contributed by atoms with Crippen molar-refractivity contribution < 1.29 is 14.4 Å². The average molecular weight is 305 g/mol. The van der Waals surface area contributed by atoms with Crippen molar-refractivity contribution >= 4 is 17.7 Å². The third-order valence-electron chi connectivity index (χ3n) is 2.86. The summed E-state index contributed by atoms with van der Waals surface area (Å²) in [5, 5.41) is 7.89. The Morgan fingerprint density at radius 1 is 0.909 bits per heavy atom. The maximum Gasteiger partial charge on any atom is 0.251 e. The Hall–Kier alpha value is -2.37. The Labute approximate surface area is 130 Å². The molecule has 6 nitrogen and oxygen atoms in total. The summed E-state index contributed by atoms with van der Waals surface area (Å²) >= 11 is 0. The van der Waals surface area contributed by atoms with Crippen molar-refractivity contribution in [3.8, 4) is 0 Å². The number of hydrogen-bond donors (Lipinski definition) is 3. The number of rotatable bonds is 6. The lowest BCUT2D eigenvalue weighted by Crippen LogP contribution is -2.42. The lowest BCUT2D eigenvalue weighted by Gasteiger charge is -2.17. The van der Waals surface area contributed by atoms with E-state index in [1.54, 1.807) is 24.3 Å². The van der Waals surface area contributed by atoms with Gasteiger partial charge in [-0.25, -0.2) is 0 Å². The van der Waals surface area contributed by atoms with Gasteiger partial charge in [0, 0.05) is 24.1 Å². The van der Waals surface area contributed by atoms with E-state index in [4.69, 9.17) is 0 Å². The summed E-state index contributed by atoms with van der Waals surface area (Å²) in [7, 11) is 0. The minimum atomic E-state index is -0.451. The molecule has 0 radical (unpaired) electrons. The number of hydrogen-bond acceptors (Lipinski definition) is 3. The van der Waals surface area contributed by atoms with Crippen LogP contribution in [-0.2, 0) is 9.59 Å². The van der Waals surface area contributed by atoms with Crippen molar-refractivity contribution in [2.45, 2.75) is 20.8 Å². The van der Waals surface area contributed by atoms with Gasteiger partial charge in [0.1, 0.15) is 0 Å². The van der Waals surface area contributed by atoms with E-state index in [0.29, 0.717) is 18.7 Å². The molecule has 0 atom stereocenters. The van der Waals surface area contributed by atoms with Gasteiger partial charge < -0.3 is 16.0 Å². The topological polar surface area (TPSA) is 87.3 Å². The SMILES string of the molecule is CC(C)(C)C(=O)NCCNC(=O)CNC(=O)c1ccccc1. The van der Waals surface area contributed by atoms with Gasteiger partial charge in [-0.2, -0.15) is 0 Å². The molecule has 1 aromatic rings. The quantitative estimate of drug-likeness (QED) is 0.676. The van der Waals surface area contributed by atoms with Crippen LogP contribution in [0.3, 0.4) is 0 Å². The molecule has 0 aliphatic rings. The Bertz CT molecular complexity index is 521. The molecule has 1 aromatic carbocycles. The molecule has 0 aliphatic carbocycles. The maximum absolute atomic E-state index is 11.7. The molecule has 0 saturated heterocycles. The van der Waals surface area contributed by atoms with Gasteiger partial charge in [-0.3, -0.25) is 14.4 Å². The van der Waals surface area contributed by atoms with Crippen molar-refractivity contribution in [2.75, 3.05) is 19.6 Å². The predicted molar refractivity (Wildman–Crippen MR) is 84.2 cm³/mol. The average Bonchev–Trinajstić information content (AvgIpc) is 2.48. The Kier molecular flexibility index (Phi) is 6.56. The molecule has 120 valence electrons. The smallest absolute Gasteiger partial charge is 0.251 e. The first-order chi connectivity index (χ1) is 10.3. The number of benzene rings is 1. The number of carbonyl (C=O) groups excluding carboxylic acids is 3. The molecule has 0 fully saturated rings. The molecule has 3 amide bonds. The van der Waals surface area contributed by atoms with Gasteiger partial charge in [0.25, 0.3) is 5.91 Å². The number of amides is 3. The molecule has 6 heteroatoms. The summed E-state index contributed by atoms with van der Waals surface area (Å²) in [6, 6.07) is 8.68. The second kappa shape index (κ2) is 8.17. The zero-order valence-corrected chi connectivity index (χ0v) is 13.2. The van der Waals surface area contributed by atoms with Crippen LogP contribution in [0.1, 0.15) is 31.1 Å². The van der Waals surface area contributed by atoms with Crippen molar-refractivity contribution in [1.29, 1.82) is 0 Å². The highest BCUT2D eigenvalue weighted by atomic mass is 16.2. The molecule has 0 unspecified atom stereocenters. The summed E-state index contributed by atoms with van der Waals surface area (Å²) in [5.74, 6) is -0.662. The fourth-order valence-electron chi connectivity index (χ4n) is 1.56. The van der Waals surface area contributed by atoms with Gasteiger partial charge in [-0.05, 0) is 12.1 Å². The van der Waals surface area contributed by atoms with Gasteiger partial charge in [0.15, 0.2) is 0 Å². The van der Waals surface area contributed by atoms with Crippen LogP contribution in [-0.4, -0.2) is 37.4 Å². The van der Waals surface area contributed by atoms with Crippen LogP contribution >= 0.6 is 0 Å². The highest BCUT2D eigenvalue weighted by molar-refractivity contribution is 5.96. The van der Waals surface area contributed by atoms with Gasteiger partial charge in [0.2, 0.25) is 11.8 Å². The van der Waals surface area contributed by atoms with Crippen LogP contribution in [0.2, 0.25) is 0 Å². The molecule has 0 aromatic heterocycles. The second-order valence-electron chi connectivity index (χ2n) is 5.90. The van der Waals surface area contributed by atoms with Crippen molar-refractivity contribution in [2.24, 2.45) is 5.41 Å². The predicted octanol–water partition coefficient (Wildman–Crippen LogP) is 0.695. The molecular formula is C16H23N3O3. The standard InChI is InChI=1S/C16H23N3O3/c1-16(2,3)15(22)18-10-9-17-13(20)11-19-14(21)12-7-5-4-6-8-12/h4-8H,9-11H2,1-3H3,(H,17,20)(H,18,22)(H,19,21). The highest BCUT2D eigenvalue weighted by Gasteiger charge is 2.20. The van der Waals surface area contributed by atoms with Gasteiger partial charge in [-0.1, -0.05) is 39.0 Å². The van der Waals surface area contributed by atoms with Crippen LogP contribution in [0.5, 0.6) is 0 Å².